The van der Waals surface area contributed by atoms with Crippen molar-refractivity contribution in [1.82, 2.24) is 5.32 Å². The molecule has 0 aromatic carbocycles. The molecule has 2 saturated carbocycles. The molecule has 1 spiro atoms. The highest BCUT2D eigenvalue weighted by atomic mass is 16.5. The first-order valence-corrected chi connectivity index (χ1v) is 9.16. The predicted molar refractivity (Wildman–Crippen MR) is 85.5 cm³/mol. The van der Waals surface area contributed by atoms with Crippen molar-refractivity contribution in [1.29, 1.82) is 0 Å². The van der Waals surface area contributed by atoms with Crippen LogP contribution in [0.5, 0.6) is 0 Å². The van der Waals surface area contributed by atoms with Gasteiger partial charge in [-0.3, -0.25) is 0 Å². The van der Waals surface area contributed by atoms with E-state index in [4.69, 9.17) is 9.47 Å². The number of nitrogens with one attached hydrogen (secondary N) is 1. The van der Waals surface area contributed by atoms with Crippen molar-refractivity contribution in [2.75, 3.05) is 20.3 Å². The van der Waals surface area contributed by atoms with Crippen LogP contribution in [0.25, 0.3) is 0 Å². The van der Waals surface area contributed by atoms with Crippen molar-refractivity contribution in [3.63, 3.8) is 0 Å². The van der Waals surface area contributed by atoms with Gasteiger partial charge in [-0.2, -0.15) is 0 Å². The monoisotopic (exact) mass is 295 g/mol. The summed E-state index contributed by atoms with van der Waals surface area (Å²) >= 11 is 0. The molecule has 21 heavy (non-hydrogen) atoms. The predicted octanol–water partition coefficient (Wildman–Crippen LogP) is 3.66. The molecule has 2 atom stereocenters. The number of ether oxygens (including phenoxy) is 2. The first kappa shape index (κ1) is 15.8. The summed E-state index contributed by atoms with van der Waals surface area (Å²) in [5.41, 5.74) is 0.307. The Balaban J connectivity index is 1.75. The van der Waals surface area contributed by atoms with Gasteiger partial charge in [-0.25, -0.2) is 0 Å². The average Bonchev–Trinajstić information content (AvgIpc) is 2.52. The van der Waals surface area contributed by atoms with Gasteiger partial charge >= 0.3 is 0 Å². The van der Waals surface area contributed by atoms with Crippen molar-refractivity contribution in [2.24, 2.45) is 5.92 Å². The minimum Gasteiger partial charge on any atom is -0.377 e. The maximum Gasteiger partial charge on any atom is 0.0833 e. The highest BCUT2D eigenvalue weighted by Gasteiger charge is 2.49. The number of likely N-dealkylation sites (N-methyl/N-ethyl adjacent to an activating group) is 1. The normalized spacial score (nSPS) is 32.6. The Morgan fingerprint density at radius 1 is 1.14 bits per heavy atom. The third-order valence-electron chi connectivity index (χ3n) is 6.36. The van der Waals surface area contributed by atoms with E-state index >= 15 is 0 Å². The van der Waals surface area contributed by atoms with Crippen LogP contribution in [0, 0.1) is 5.92 Å². The molecule has 0 bridgehead atoms. The maximum absolute atomic E-state index is 6.16. The third-order valence-corrected chi connectivity index (χ3v) is 6.36. The number of hydrogen-bond acceptors (Lipinski definition) is 3. The summed E-state index contributed by atoms with van der Waals surface area (Å²) in [6.45, 7) is 4.23. The van der Waals surface area contributed by atoms with Gasteiger partial charge in [0.2, 0.25) is 0 Å². The van der Waals surface area contributed by atoms with E-state index in [0.29, 0.717) is 6.04 Å². The van der Waals surface area contributed by atoms with Crippen molar-refractivity contribution < 1.29 is 9.47 Å². The summed E-state index contributed by atoms with van der Waals surface area (Å²) in [7, 11) is 1.94. The van der Waals surface area contributed by atoms with Crippen LogP contribution in [0.2, 0.25) is 0 Å². The van der Waals surface area contributed by atoms with Gasteiger partial charge in [0.05, 0.1) is 11.2 Å². The molecular weight excluding hydrogens is 262 g/mol. The molecule has 0 aromatic rings. The average molecular weight is 295 g/mol. The maximum atomic E-state index is 6.16. The molecule has 2 aliphatic carbocycles. The summed E-state index contributed by atoms with van der Waals surface area (Å²) in [5, 5.41) is 3.82. The molecule has 3 fully saturated rings. The van der Waals surface area contributed by atoms with Gasteiger partial charge in [-0.1, -0.05) is 26.2 Å². The topological polar surface area (TPSA) is 30.5 Å². The fourth-order valence-corrected chi connectivity index (χ4v) is 5.06. The molecule has 2 unspecified atom stereocenters. The van der Waals surface area contributed by atoms with Crippen molar-refractivity contribution in [3.8, 4) is 0 Å². The quantitative estimate of drug-likeness (QED) is 0.839. The van der Waals surface area contributed by atoms with Gasteiger partial charge in [0.25, 0.3) is 0 Å². The second kappa shape index (κ2) is 6.55. The van der Waals surface area contributed by atoms with Gasteiger partial charge in [0.15, 0.2) is 0 Å². The summed E-state index contributed by atoms with van der Waals surface area (Å²) in [6.07, 6.45) is 12.8. The third kappa shape index (κ3) is 3.02. The molecule has 1 heterocycles. The second-order valence-corrected chi connectivity index (χ2v) is 7.50. The zero-order valence-corrected chi connectivity index (χ0v) is 14.0. The Hall–Kier alpha value is -0.120. The van der Waals surface area contributed by atoms with Gasteiger partial charge < -0.3 is 14.8 Å². The lowest BCUT2D eigenvalue weighted by Crippen LogP contribution is -2.60. The van der Waals surface area contributed by atoms with Crippen LogP contribution in [-0.2, 0) is 9.47 Å². The first-order valence-electron chi connectivity index (χ1n) is 9.16. The lowest BCUT2D eigenvalue weighted by atomic mass is 9.66. The highest BCUT2D eigenvalue weighted by molar-refractivity contribution is 5.03. The minimum atomic E-state index is 0.0706. The molecule has 3 aliphatic rings. The zero-order valence-electron chi connectivity index (χ0n) is 14.0. The molecule has 3 rings (SSSR count). The number of rotatable bonds is 5. The molecule has 0 amide bonds. The van der Waals surface area contributed by atoms with Gasteiger partial charge in [-0.05, 0) is 57.4 Å². The Morgan fingerprint density at radius 3 is 2.48 bits per heavy atom. The summed E-state index contributed by atoms with van der Waals surface area (Å²) in [4.78, 5) is 0. The largest absolute Gasteiger partial charge is 0.377 e. The Labute approximate surface area is 130 Å². The van der Waals surface area contributed by atoms with E-state index in [2.05, 4.69) is 12.2 Å². The fraction of sp³-hybridized carbons (Fsp3) is 1.00. The fourth-order valence-electron chi connectivity index (χ4n) is 5.06. The van der Waals surface area contributed by atoms with Crippen LogP contribution in [0.3, 0.4) is 0 Å². The van der Waals surface area contributed by atoms with Crippen LogP contribution in [0.4, 0.5) is 0 Å². The van der Waals surface area contributed by atoms with Gasteiger partial charge in [-0.15, -0.1) is 0 Å². The lowest BCUT2D eigenvalue weighted by molar-refractivity contribution is -0.164. The smallest absolute Gasteiger partial charge is 0.0833 e. The van der Waals surface area contributed by atoms with E-state index in [1.807, 2.05) is 7.11 Å². The molecule has 3 heteroatoms. The zero-order chi connectivity index (χ0) is 14.8. The van der Waals surface area contributed by atoms with Crippen LogP contribution >= 0.6 is 0 Å². The van der Waals surface area contributed by atoms with Gasteiger partial charge in [0, 0.05) is 19.8 Å². The van der Waals surface area contributed by atoms with E-state index in [0.717, 1.165) is 19.1 Å². The molecule has 3 nitrogen and oxygen atoms in total. The number of hydrogen-bond donors (Lipinski definition) is 1. The Bertz CT molecular complexity index is 334. The van der Waals surface area contributed by atoms with Crippen molar-refractivity contribution >= 4 is 0 Å². The van der Waals surface area contributed by atoms with E-state index in [1.165, 1.54) is 64.2 Å². The SMILES string of the molecule is CCNC(C1CCOC2(CCC2)C1)C1(OC)CCCCC1. The van der Waals surface area contributed by atoms with Crippen LogP contribution in [0.15, 0.2) is 0 Å². The second-order valence-electron chi connectivity index (χ2n) is 7.50. The minimum absolute atomic E-state index is 0.0706. The van der Waals surface area contributed by atoms with E-state index in [9.17, 15) is 0 Å². The van der Waals surface area contributed by atoms with Crippen molar-refractivity contribution in [3.05, 3.63) is 0 Å². The molecule has 1 aliphatic heterocycles. The summed E-state index contributed by atoms with van der Waals surface area (Å²) < 4.78 is 12.3. The summed E-state index contributed by atoms with van der Waals surface area (Å²) in [5.74, 6) is 0.719. The molecule has 1 saturated heterocycles. The van der Waals surface area contributed by atoms with Crippen molar-refractivity contribution in [2.45, 2.75) is 88.4 Å². The van der Waals surface area contributed by atoms with E-state index in [-0.39, 0.29) is 11.2 Å². The van der Waals surface area contributed by atoms with Crippen LogP contribution in [0.1, 0.15) is 71.1 Å². The molecule has 0 aromatic heterocycles. The number of methoxy groups -OCH3 is 1. The molecule has 0 radical (unpaired) electrons. The van der Waals surface area contributed by atoms with E-state index in [1.54, 1.807) is 0 Å². The Morgan fingerprint density at radius 2 is 1.90 bits per heavy atom. The molecular formula is C18H33NO2. The van der Waals surface area contributed by atoms with E-state index < -0.39 is 0 Å². The summed E-state index contributed by atoms with van der Waals surface area (Å²) in [6, 6.07) is 0.508. The molecule has 1 N–H and O–H groups in total. The lowest BCUT2D eigenvalue weighted by Gasteiger charge is -2.53. The first-order chi connectivity index (χ1) is 10.2. The molecule has 122 valence electrons. The van der Waals surface area contributed by atoms with Crippen LogP contribution < -0.4 is 5.32 Å². The Kier molecular flexibility index (Phi) is 4.92. The van der Waals surface area contributed by atoms with Crippen LogP contribution in [-0.4, -0.2) is 37.5 Å². The highest BCUT2D eigenvalue weighted by Crippen LogP contribution is 2.48. The van der Waals surface area contributed by atoms with Gasteiger partial charge in [0.1, 0.15) is 0 Å². The standard InChI is InChI=1S/C18H33NO2/c1-3-19-16(18(20-2)11-5-4-6-12-18)15-8-13-21-17(14-15)9-7-10-17/h15-16,19H,3-14H2,1-2H3.